The maximum atomic E-state index is 4.38. The van der Waals surface area contributed by atoms with Gasteiger partial charge in [-0.1, -0.05) is 13.0 Å². The molecular formula is C16H24N4. The van der Waals surface area contributed by atoms with E-state index in [9.17, 15) is 0 Å². The molecule has 0 saturated carbocycles. The van der Waals surface area contributed by atoms with Crippen molar-refractivity contribution in [2.45, 2.75) is 26.2 Å². The number of hydrogen-bond donors (Lipinski definition) is 1. The molecule has 2 rings (SSSR count). The maximum Gasteiger partial charge on any atom is 0.137 e. The zero-order valence-corrected chi connectivity index (χ0v) is 12.7. The highest BCUT2D eigenvalue weighted by Gasteiger charge is 2.04. The van der Waals surface area contributed by atoms with Crippen molar-refractivity contribution < 1.29 is 0 Å². The molecule has 0 unspecified atom stereocenters. The molecule has 1 aromatic carbocycles. The van der Waals surface area contributed by atoms with Crippen LogP contribution in [-0.2, 0) is 6.42 Å². The minimum atomic E-state index is 0.954. The molecule has 1 aromatic heterocycles. The Balaban J connectivity index is 2.02. The van der Waals surface area contributed by atoms with Gasteiger partial charge in [0.1, 0.15) is 12.1 Å². The van der Waals surface area contributed by atoms with Gasteiger partial charge in [-0.3, -0.25) is 0 Å². The van der Waals surface area contributed by atoms with Crippen LogP contribution in [0.5, 0.6) is 0 Å². The van der Waals surface area contributed by atoms with E-state index < -0.39 is 0 Å². The number of benzene rings is 1. The van der Waals surface area contributed by atoms with Crippen LogP contribution < -0.4 is 5.32 Å². The number of hydrogen-bond acceptors (Lipinski definition) is 4. The largest absolute Gasteiger partial charge is 0.369 e. The SMILES string of the molecule is CCc1ccc2ncnc(NCCCCN(C)C)c2c1. The van der Waals surface area contributed by atoms with Gasteiger partial charge in [0, 0.05) is 11.9 Å². The van der Waals surface area contributed by atoms with Crippen molar-refractivity contribution in [1.82, 2.24) is 14.9 Å². The van der Waals surface area contributed by atoms with Gasteiger partial charge in [-0.25, -0.2) is 9.97 Å². The molecule has 0 spiro atoms. The van der Waals surface area contributed by atoms with Gasteiger partial charge in [0.05, 0.1) is 5.52 Å². The third-order valence-corrected chi connectivity index (χ3v) is 3.43. The molecule has 0 bridgehead atoms. The van der Waals surface area contributed by atoms with Gasteiger partial charge >= 0.3 is 0 Å². The molecule has 20 heavy (non-hydrogen) atoms. The molecule has 0 aliphatic heterocycles. The Morgan fingerprint density at radius 3 is 2.75 bits per heavy atom. The summed E-state index contributed by atoms with van der Waals surface area (Å²) in [6.07, 6.45) is 5.02. The molecule has 0 amide bonds. The Bertz CT molecular complexity index is 551. The van der Waals surface area contributed by atoms with Crippen LogP contribution in [0.2, 0.25) is 0 Å². The molecule has 4 heteroatoms. The fourth-order valence-electron chi connectivity index (χ4n) is 2.22. The lowest BCUT2D eigenvalue weighted by Gasteiger charge is -2.11. The topological polar surface area (TPSA) is 41.1 Å². The van der Waals surface area contributed by atoms with Crippen molar-refractivity contribution in [3.05, 3.63) is 30.1 Å². The monoisotopic (exact) mass is 272 g/mol. The van der Waals surface area contributed by atoms with E-state index in [0.717, 1.165) is 42.7 Å². The average Bonchev–Trinajstić information content (AvgIpc) is 2.46. The van der Waals surface area contributed by atoms with E-state index >= 15 is 0 Å². The van der Waals surface area contributed by atoms with Crippen LogP contribution in [0, 0.1) is 0 Å². The van der Waals surface area contributed by atoms with Gasteiger partial charge in [-0.15, -0.1) is 0 Å². The number of aromatic nitrogens is 2. The van der Waals surface area contributed by atoms with Crippen LogP contribution in [0.1, 0.15) is 25.3 Å². The highest BCUT2D eigenvalue weighted by Crippen LogP contribution is 2.20. The summed E-state index contributed by atoms with van der Waals surface area (Å²) < 4.78 is 0. The van der Waals surface area contributed by atoms with Gasteiger partial charge in [-0.2, -0.15) is 0 Å². The van der Waals surface area contributed by atoms with Crippen molar-refractivity contribution in [1.29, 1.82) is 0 Å². The summed E-state index contributed by atoms with van der Waals surface area (Å²) in [7, 11) is 4.22. The summed E-state index contributed by atoms with van der Waals surface area (Å²) in [5, 5.41) is 4.57. The average molecular weight is 272 g/mol. The molecule has 0 radical (unpaired) electrons. The standard InChI is InChI=1S/C16H24N4/c1-4-13-7-8-15-14(11-13)16(19-12-18-15)17-9-5-6-10-20(2)3/h7-8,11-12H,4-6,9-10H2,1-3H3,(H,17,18,19). The van der Waals surface area contributed by atoms with E-state index in [0.29, 0.717) is 0 Å². The zero-order valence-electron chi connectivity index (χ0n) is 12.7. The Morgan fingerprint density at radius 1 is 1.15 bits per heavy atom. The van der Waals surface area contributed by atoms with Crippen LogP contribution in [0.3, 0.4) is 0 Å². The summed E-state index contributed by atoms with van der Waals surface area (Å²) >= 11 is 0. The lowest BCUT2D eigenvalue weighted by Crippen LogP contribution is -2.14. The van der Waals surface area contributed by atoms with Crippen LogP contribution in [-0.4, -0.2) is 42.1 Å². The summed E-state index contributed by atoms with van der Waals surface area (Å²) in [6.45, 7) is 4.25. The summed E-state index contributed by atoms with van der Waals surface area (Å²) in [6, 6.07) is 6.40. The van der Waals surface area contributed by atoms with Crippen molar-refractivity contribution in [2.24, 2.45) is 0 Å². The smallest absolute Gasteiger partial charge is 0.137 e. The van der Waals surface area contributed by atoms with E-state index in [1.165, 1.54) is 12.0 Å². The zero-order chi connectivity index (χ0) is 14.4. The van der Waals surface area contributed by atoms with Gasteiger partial charge in [-0.05, 0) is 57.6 Å². The first-order valence-electron chi connectivity index (χ1n) is 7.33. The first kappa shape index (κ1) is 14.7. The lowest BCUT2D eigenvalue weighted by atomic mass is 10.1. The van der Waals surface area contributed by atoms with E-state index in [1.807, 2.05) is 0 Å². The van der Waals surface area contributed by atoms with Crippen LogP contribution >= 0.6 is 0 Å². The molecule has 0 aliphatic carbocycles. The van der Waals surface area contributed by atoms with E-state index in [1.54, 1.807) is 6.33 Å². The summed E-state index contributed by atoms with van der Waals surface area (Å²) in [5.74, 6) is 0.954. The molecular weight excluding hydrogens is 248 g/mol. The number of unbranched alkanes of at least 4 members (excludes halogenated alkanes) is 1. The van der Waals surface area contributed by atoms with Gasteiger partial charge in [0.15, 0.2) is 0 Å². The van der Waals surface area contributed by atoms with Gasteiger partial charge in [0.25, 0.3) is 0 Å². The summed E-state index contributed by atoms with van der Waals surface area (Å²) in [4.78, 5) is 10.9. The fraction of sp³-hybridized carbons (Fsp3) is 0.500. The Hall–Kier alpha value is -1.68. The molecule has 108 valence electrons. The number of anilines is 1. The maximum absolute atomic E-state index is 4.38. The molecule has 0 fully saturated rings. The molecule has 0 aliphatic rings. The fourth-order valence-corrected chi connectivity index (χ4v) is 2.22. The second-order valence-electron chi connectivity index (χ2n) is 5.36. The lowest BCUT2D eigenvalue weighted by molar-refractivity contribution is 0.396. The predicted octanol–water partition coefficient (Wildman–Crippen LogP) is 2.95. The first-order chi connectivity index (χ1) is 9.70. The molecule has 4 nitrogen and oxygen atoms in total. The number of rotatable bonds is 7. The second kappa shape index (κ2) is 7.20. The van der Waals surface area contributed by atoms with Crippen molar-refractivity contribution in [2.75, 3.05) is 32.5 Å². The van der Waals surface area contributed by atoms with Crippen LogP contribution in [0.15, 0.2) is 24.5 Å². The molecule has 0 saturated heterocycles. The van der Waals surface area contributed by atoms with Crippen LogP contribution in [0.4, 0.5) is 5.82 Å². The third-order valence-electron chi connectivity index (χ3n) is 3.43. The highest BCUT2D eigenvalue weighted by molar-refractivity contribution is 5.89. The first-order valence-corrected chi connectivity index (χ1v) is 7.33. The minimum absolute atomic E-state index is 0.954. The van der Waals surface area contributed by atoms with Gasteiger partial charge < -0.3 is 10.2 Å². The van der Waals surface area contributed by atoms with E-state index in [-0.39, 0.29) is 0 Å². The molecule has 0 atom stereocenters. The third kappa shape index (κ3) is 3.90. The predicted molar refractivity (Wildman–Crippen MR) is 85.2 cm³/mol. The Labute approximate surface area is 121 Å². The molecule has 2 aromatic rings. The Kier molecular flexibility index (Phi) is 5.30. The number of fused-ring (bicyclic) bond motifs is 1. The van der Waals surface area contributed by atoms with Crippen molar-refractivity contribution >= 4 is 16.7 Å². The number of aryl methyl sites for hydroxylation is 1. The minimum Gasteiger partial charge on any atom is -0.369 e. The van der Waals surface area contributed by atoms with Crippen molar-refractivity contribution in [3.8, 4) is 0 Å². The van der Waals surface area contributed by atoms with Crippen molar-refractivity contribution in [3.63, 3.8) is 0 Å². The normalized spacial score (nSPS) is 11.2. The van der Waals surface area contributed by atoms with Gasteiger partial charge in [0.2, 0.25) is 0 Å². The quantitative estimate of drug-likeness (QED) is 0.787. The van der Waals surface area contributed by atoms with E-state index in [2.05, 4.69) is 59.4 Å². The van der Waals surface area contributed by atoms with Crippen LogP contribution in [0.25, 0.3) is 10.9 Å². The van der Waals surface area contributed by atoms with E-state index in [4.69, 9.17) is 0 Å². The second-order valence-corrected chi connectivity index (χ2v) is 5.36. The summed E-state index contributed by atoms with van der Waals surface area (Å²) in [5.41, 5.74) is 2.33. The highest BCUT2D eigenvalue weighted by atomic mass is 15.0. The Morgan fingerprint density at radius 2 is 2.00 bits per heavy atom. The number of nitrogens with one attached hydrogen (secondary N) is 1. The molecule has 1 N–H and O–H groups in total. The molecule has 1 heterocycles. The number of nitrogens with zero attached hydrogens (tertiary/aromatic N) is 3.